The van der Waals surface area contributed by atoms with E-state index in [1.807, 2.05) is 48.5 Å². The first-order valence-electron chi connectivity index (χ1n) is 10.5. The van der Waals surface area contributed by atoms with E-state index in [2.05, 4.69) is 29.6 Å². The van der Waals surface area contributed by atoms with E-state index >= 15 is 0 Å². The summed E-state index contributed by atoms with van der Waals surface area (Å²) in [5.41, 5.74) is 5.28. The van der Waals surface area contributed by atoms with E-state index in [4.69, 9.17) is 4.74 Å². The van der Waals surface area contributed by atoms with Crippen molar-refractivity contribution < 1.29 is 19.4 Å². The lowest BCUT2D eigenvalue weighted by Gasteiger charge is -2.34. The number of ether oxygens (including phenoxy) is 1. The van der Waals surface area contributed by atoms with Crippen molar-refractivity contribution in [3.8, 4) is 11.1 Å². The number of carboxylic acids is 1. The smallest absolute Gasteiger partial charge is 0.408 e. The SMILES string of the molecule is O=C(NC1(C(=O)O)CCc2ccccc2C1)OCC1c2ccccc2-c2ccccc21. The van der Waals surface area contributed by atoms with Crippen molar-refractivity contribution in [2.75, 3.05) is 6.61 Å². The molecule has 0 spiro atoms. The third-order valence-corrected chi connectivity index (χ3v) is 6.53. The first-order valence-corrected chi connectivity index (χ1v) is 10.5. The summed E-state index contributed by atoms with van der Waals surface area (Å²) in [5, 5.41) is 12.6. The number of benzene rings is 3. The molecule has 0 aromatic heterocycles. The van der Waals surface area contributed by atoms with Gasteiger partial charge < -0.3 is 15.2 Å². The van der Waals surface area contributed by atoms with Gasteiger partial charge >= 0.3 is 12.1 Å². The molecule has 5 heteroatoms. The number of aryl methyl sites for hydroxylation is 1. The van der Waals surface area contributed by atoms with Gasteiger partial charge in [-0.2, -0.15) is 0 Å². The Morgan fingerprint density at radius 3 is 2.13 bits per heavy atom. The number of hydrogen-bond acceptors (Lipinski definition) is 3. The zero-order valence-corrected chi connectivity index (χ0v) is 17.0. The molecule has 2 N–H and O–H groups in total. The average molecular weight is 413 g/mol. The number of amides is 1. The summed E-state index contributed by atoms with van der Waals surface area (Å²) in [6.45, 7) is 0.159. The van der Waals surface area contributed by atoms with Crippen LogP contribution in [0, 0.1) is 0 Å². The predicted molar refractivity (Wildman–Crippen MR) is 117 cm³/mol. The van der Waals surface area contributed by atoms with Crippen LogP contribution in [0.3, 0.4) is 0 Å². The highest BCUT2D eigenvalue weighted by Crippen LogP contribution is 2.44. The second-order valence-corrected chi connectivity index (χ2v) is 8.28. The lowest BCUT2D eigenvalue weighted by atomic mass is 9.78. The Morgan fingerprint density at radius 1 is 0.903 bits per heavy atom. The number of fused-ring (bicyclic) bond motifs is 4. The molecule has 0 fully saturated rings. The molecule has 0 bridgehead atoms. The van der Waals surface area contributed by atoms with Gasteiger partial charge in [-0.25, -0.2) is 9.59 Å². The van der Waals surface area contributed by atoms with E-state index in [1.165, 1.54) is 0 Å². The van der Waals surface area contributed by atoms with Gasteiger partial charge in [-0.1, -0.05) is 72.8 Å². The van der Waals surface area contributed by atoms with Gasteiger partial charge in [-0.05, 0) is 46.2 Å². The monoisotopic (exact) mass is 413 g/mol. The average Bonchev–Trinajstić information content (AvgIpc) is 3.11. The molecule has 5 rings (SSSR count). The number of nitrogens with one attached hydrogen (secondary N) is 1. The minimum absolute atomic E-state index is 0.0639. The van der Waals surface area contributed by atoms with Crippen LogP contribution < -0.4 is 5.32 Å². The standard InChI is InChI=1S/C26H23NO4/c28-24(29)26(14-13-17-7-1-2-8-18(17)15-26)27-25(30)31-16-23-21-11-5-3-9-19(21)20-10-4-6-12-22(20)23/h1-12,23H,13-16H2,(H,27,30)(H,28,29). The third-order valence-electron chi connectivity index (χ3n) is 6.53. The molecule has 3 aromatic rings. The normalized spacial score (nSPS) is 19.1. The molecule has 0 aliphatic heterocycles. The van der Waals surface area contributed by atoms with E-state index in [0.717, 1.165) is 33.4 Å². The molecule has 156 valence electrons. The van der Waals surface area contributed by atoms with Crippen LogP contribution in [0.1, 0.15) is 34.6 Å². The number of aliphatic carboxylic acids is 1. The molecule has 0 radical (unpaired) electrons. The molecule has 1 amide bonds. The highest BCUT2D eigenvalue weighted by Gasteiger charge is 2.43. The van der Waals surface area contributed by atoms with Gasteiger partial charge in [0.25, 0.3) is 0 Å². The van der Waals surface area contributed by atoms with Gasteiger partial charge in [0.1, 0.15) is 12.1 Å². The number of rotatable bonds is 4. The Balaban J connectivity index is 1.33. The van der Waals surface area contributed by atoms with Crippen molar-refractivity contribution in [3.63, 3.8) is 0 Å². The molecule has 1 atom stereocenters. The molecule has 0 saturated heterocycles. The fourth-order valence-electron chi connectivity index (χ4n) is 4.91. The lowest BCUT2D eigenvalue weighted by molar-refractivity contribution is -0.145. The lowest BCUT2D eigenvalue weighted by Crippen LogP contribution is -2.58. The number of carbonyl (C=O) groups excluding carboxylic acids is 1. The molecule has 31 heavy (non-hydrogen) atoms. The predicted octanol–water partition coefficient (Wildman–Crippen LogP) is 4.54. The maximum Gasteiger partial charge on any atom is 0.408 e. The van der Waals surface area contributed by atoms with Crippen LogP contribution in [0.25, 0.3) is 11.1 Å². The van der Waals surface area contributed by atoms with Gasteiger partial charge in [0.2, 0.25) is 0 Å². The molecular formula is C26H23NO4. The Bertz CT molecular complexity index is 1130. The quantitative estimate of drug-likeness (QED) is 0.659. The van der Waals surface area contributed by atoms with E-state index < -0.39 is 17.6 Å². The molecule has 5 nitrogen and oxygen atoms in total. The number of carboxylic acid groups (broad SMARTS) is 1. The topological polar surface area (TPSA) is 75.6 Å². The second-order valence-electron chi connectivity index (χ2n) is 8.28. The van der Waals surface area contributed by atoms with Crippen molar-refractivity contribution in [3.05, 3.63) is 95.1 Å². The molecule has 2 aliphatic rings. The Labute approximate surface area is 180 Å². The molecule has 1 unspecified atom stereocenters. The van der Waals surface area contributed by atoms with Crippen LogP contribution >= 0.6 is 0 Å². The Kier molecular flexibility index (Phi) is 4.74. The summed E-state index contributed by atoms with van der Waals surface area (Å²) >= 11 is 0. The van der Waals surface area contributed by atoms with Gasteiger partial charge in [-0.3, -0.25) is 0 Å². The van der Waals surface area contributed by atoms with Crippen molar-refractivity contribution in [1.29, 1.82) is 0 Å². The summed E-state index contributed by atoms with van der Waals surface area (Å²) in [6, 6.07) is 24.0. The van der Waals surface area contributed by atoms with Crippen LogP contribution in [0.2, 0.25) is 0 Å². The fraction of sp³-hybridized carbons (Fsp3) is 0.231. The van der Waals surface area contributed by atoms with Crippen LogP contribution in [0.15, 0.2) is 72.8 Å². The highest BCUT2D eigenvalue weighted by molar-refractivity contribution is 5.85. The third kappa shape index (κ3) is 3.36. The highest BCUT2D eigenvalue weighted by atomic mass is 16.5. The largest absolute Gasteiger partial charge is 0.479 e. The van der Waals surface area contributed by atoms with Gasteiger partial charge in [0, 0.05) is 12.3 Å². The second kappa shape index (κ2) is 7.58. The Morgan fingerprint density at radius 2 is 1.48 bits per heavy atom. The van der Waals surface area contributed by atoms with E-state index in [1.54, 1.807) is 0 Å². The van der Waals surface area contributed by atoms with Crippen LogP contribution in [-0.4, -0.2) is 29.3 Å². The molecule has 0 saturated carbocycles. The minimum Gasteiger partial charge on any atom is -0.479 e. The zero-order chi connectivity index (χ0) is 21.4. The molecular weight excluding hydrogens is 390 g/mol. The Hall–Kier alpha value is -3.60. The molecule has 2 aliphatic carbocycles. The van der Waals surface area contributed by atoms with Crippen molar-refractivity contribution in [1.82, 2.24) is 5.32 Å². The van der Waals surface area contributed by atoms with Crippen LogP contribution in [0.4, 0.5) is 4.79 Å². The first kappa shape index (κ1) is 19.4. The summed E-state index contributed by atoms with van der Waals surface area (Å²) in [6.07, 6.45) is 0.502. The summed E-state index contributed by atoms with van der Waals surface area (Å²) in [5.74, 6) is -1.10. The first-order chi connectivity index (χ1) is 15.1. The summed E-state index contributed by atoms with van der Waals surface area (Å²) in [4.78, 5) is 24.9. The van der Waals surface area contributed by atoms with Crippen LogP contribution in [-0.2, 0) is 22.4 Å². The van der Waals surface area contributed by atoms with E-state index in [0.29, 0.717) is 12.8 Å². The maximum absolute atomic E-state index is 12.7. The van der Waals surface area contributed by atoms with Gasteiger partial charge in [0.05, 0.1) is 0 Å². The number of hydrogen-bond donors (Lipinski definition) is 2. The van der Waals surface area contributed by atoms with Crippen molar-refractivity contribution in [2.24, 2.45) is 0 Å². The van der Waals surface area contributed by atoms with Gasteiger partial charge in [-0.15, -0.1) is 0 Å². The molecule has 0 heterocycles. The van der Waals surface area contributed by atoms with Gasteiger partial charge in [0.15, 0.2) is 0 Å². The van der Waals surface area contributed by atoms with E-state index in [9.17, 15) is 14.7 Å². The maximum atomic E-state index is 12.7. The summed E-state index contributed by atoms with van der Waals surface area (Å²) in [7, 11) is 0. The minimum atomic E-state index is -1.35. The summed E-state index contributed by atoms with van der Waals surface area (Å²) < 4.78 is 5.59. The van der Waals surface area contributed by atoms with Crippen LogP contribution in [0.5, 0.6) is 0 Å². The van der Waals surface area contributed by atoms with E-state index in [-0.39, 0.29) is 18.9 Å². The van der Waals surface area contributed by atoms with Crippen molar-refractivity contribution >= 4 is 12.1 Å². The molecule has 3 aromatic carbocycles. The zero-order valence-electron chi connectivity index (χ0n) is 17.0. The fourth-order valence-corrected chi connectivity index (χ4v) is 4.91. The van der Waals surface area contributed by atoms with Crippen molar-refractivity contribution in [2.45, 2.75) is 30.7 Å². The number of alkyl carbamates (subject to hydrolysis) is 1. The number of carbonyl (C=O) groups is 2.